The first kappa shape index (κ1) is 26.4. The predicted octanol–water partition coefficient (Wildman–Crippen LogP) is 5.19. The number of ether oxygens (including phenoxy) is 1. The maximum absolute atomic E-state index is 13.4. The lowest BCUT2D eigenvalue weighted by Crippen LogP contribution is -2.68. The highest BCUT2D eigenvalue weighted by atomic mass is 16.5. The lowest BCUT2D eigenvalue weighted by Gasteiger charge is -2.71. The molecule has 5 nitrogen and oxygen atoms in total. The maximum Gasteiger partial charge on any atom is 0.312 e. The van der Waals surface area contributed by atoms with Gasteiger partial charge in [-0.05, 0) is 93.3 Å². The molecule has 0 aromatic heterocycles. The van der Waals surface area contributed by atoms with Crippen molar-refractivity contribution in [2.75, 3.05) is 13.7 Å². The molecule has 5 aliphatic rings. The summed E-state index contributed by atoms with van der Waals surface area (Å²) in [6.07, 6.45) is 7.83. The molecule has 10 atom stereocenters. The van der Waals surface area contributed by atoms with Gasteiger partial charge in [-0.1, -0.05) is 50.5 Å². The number of allylic oxidation sites excluding steroid dienone is 4. The Labute approximate surface area is 217 Å². The fourth-order valence-electron chi connectivity index (χ4n) is 10.8. The molecular weight excluding hydrogens is 452 g/mol. The molecule has 0 saturated heterocycles. The molecule has 36 heavy (non-hydrogen) atoms. The molecular formula is C31H48O5. The summed E-state index contributed by atoms with van der Waals surface area (Å²) in [6.45, 7) is 13.6. The molecule has 0 bridgehead atoms. The number of carbonyl (C=O) groups is 1. The summed E-state index contributed by atoms with van der Waals surface area (Å²) in [6, 6.07) is 0. The van der Waals surface area contributed by atoms with Crippen LogP contribution in [0.3, 0.4) is 0 Å². The van der Waals surface area contributed by atoms with Crippen LogP contribution in [-0.2, 0) is 9.53 Å². The van der Waals surface area contributed by atoms with Gasteiger partial charge in [0, 0.05) is 11.3 Å². The van der Waals surface area contributed by atoms with Crippen LogP contribution in [0.1, 0.15) is 92.9 Å². The quantitative estimate of drug-likeness (QED) is 0.359. The second-order valence-electron chi connectivity index (χ2n) is 14.2. The van der Waals surface area contributed by atoms with Gasteiger partial charge < -0.3 is 20.1 Å². The molecule has 0 radical (unpaired) electrons. The fraction of sp³-hybridized carbons (Fsp3) is 0.839. The van der Waals surface area contributed by atoms with Crippen LogP contribution in [0.25, 0.3) is 0 Å². The van der Waals surface area contributed by atoms with Gasteiger partial charge in [-0.2, -0.15) is 0 Å². The highest BCUT2D eigenvalue weighted by Gasteiger charge is 2.70. The summed E-state index contributed by atoms with van der Waals surface area (Å²) in [5.74, 6) is 0.544. The minimum Gasteiger partial charge on any atom is -0.469 e. The molecule has 3 N–H and O–H groups in total. The molecule has 0 aromatic rings. The number of esters is 1. The Balaban J connectivity index is 1.64. The largest absolute Gasteiger partial charge is 0.469 e. The van der Waals surface area contributed by atoms with E-state index in [1.54, 1.807) is 0 Å². The van der Waals surface area contributed by atoms with E-state index in [1.165, 1.54) is 23.8 Å². The van der Waals surface area contributed by atoms with Crippen LogP contribution in [-0.4, -0.2) is 47.2 Å². The molecule has 5 heteroatoms. The van der Waals surface area contributed by atoms with Crippen molar-refractivity contribution in [2.45, 2.75) is 105 Å². The van der Waals surface area contributed by atoms with Crippen molar-refractivity contribution in [1.29, 1.82) is 0 Å². The van der Waals surface area contributed by atoms with E-state index in [1.807, 2.05) is 6.92 Å². The van der Waals surface area contributed by atoms with Crippen LogP contribution < -0.4 is 0 Å². The lowest BCUT2D eigenvalue weighted by molar-refractivity contribution is -0.242. The Kier molecular flexibility index (Phi) is 6.00. The molecule has 0 unspecified atom stereocenters. The molecule has 3 saturated carbocycles. The number of hydrogen-bond acceptors (Lipinski definition) is 5. The van der Waals surface area contributed by atoms with E-state index in [4.69, 9.17) is 4.74 Å². The van der Waals surface area contributed by atoms with Gasteiger partial charge in [-0.15, -0.1) is 0 Å². The van der Waals surface area contributed by atoms with E-state index < -0.39 is 23.0 Å². The monoisotopic (exact) mass is 500 g/mol. The number of aliphatic hydroxyl groups excluding tert-OH is 3. The average molecular weight is 501 g/mol. The van der Waals surface area contributed by atoms with E-state index in [2.05, 4.69) is 40.7 Å². The topological polar surface area (TPSA) is 87.0 Å². The normalized spacial score (nSPS) is 52.4. The van der Waals surface area contributed by atoms with E-state index in [0.717, 1.165) is 44.9 Å². The third-order valence-corrected chi connectivity index (χ3v) is 13.2. The zero-order valence-corrected chi connectivity index (χ0v) is 23.5. The first-order chi connectivity index (χ1) is 16.8. The smallest absolute Gasteiger partial charge is 0.312 e. The summed E-state index contributed by atoms with van der Waals surface area (Å²) < 4.78 is 5.46. The van der Waals surface area contributed by atoms with Crippen molar-refractivity contribution >= 4 is 5.97 Å². The van der Waals surface area contributed by atoms with Crippen molar-refractivity contribution in [3.63, 3.8) is 0 Å². The molecule has 0 aliphatic heterocycles. The molecule has 0 heterocycles. The van der Waals surface area contributed by atoms with Gasteiger partial charge in [-0.3, -0.25) is 4.79 Å². The van der Waals surface area contributed by atoms with Crippen LogP contribution in [0.15, 0.2) is 22.8 Å². The van der Waals surface area contributed by atoms with Crippen LogP contribution in [0.2, 0.25) is 0 Å². The fourth-order valence-corrected chi connectivity index (χ4v) is 10.8. The Morgan fingerprint density at radius 1 is 1.06 bits per heavy atom. The molecule has 0 spiro atoms. The van der Waals surface area contributed by atoms with Crippen molar-refractivity contribution in [2.24, 2.45) is 44.8 Å². The zero-order chi connectivity index (χ0) is 26.5. The highest BCUT2D eigenvalue weighted by molar-refractivity contribution is 5.79. The van der Waals surface area contributed by atoms with Crippen molar-refractivity contribution < 1.29 is 24.9 Å². The third-order valence-electron chi connectivity index (χ3n) is 13.2. The number of fused-ring (bicyclic) bond motifs is 7. The lowest BCUT2D eigenvalue weighted by atomic mass is 9.33. The summed E-state index contributed by atoms with van der Waals surface area (Å²) in [4.78, 5) is 13.4. The first-order valence-electron chi connectivity index (χ1n) is 14.2. The van der Waals surface area contributed by atoms with E-state index in [9.17, 15) is 20.1 Å². The van der Waals surface area contributed by atoms with E-state index in [0.29, 0.717) is 12.3 Å². The zero-order valence-electron chi connectivity index (χ0n) is 23.5. The molecule has 3 fully saturated rings. The molecule has 0 aromatic carbocycles. The Morgan fingerprint density at radius 3 is 2.39 bits per heavy atom. The average Bonchev–Trinajstić information content (AvgIpc) is 2.84. The minimum atomic E-state index is -0.899. The van der Waals surface area contributed by atoms with Gasteiger partial charge >= 0.3 is 5.97 Å². The maximum atomic E-state index is 13.4. The van der Waals surface area contributed by atoms with Gasteiger partial charge in [0.05, 0.1) is 31.3 Å². The Hall–Kier alpha value is -1.17. The van der Waals surface area contributed by atoms with Crippen molar-refractivity contribution in [3.05, 3.63) is 22.8 Å². The van der Waals surface area contributed by atoms with Gasteiger partial charge in [-0.25, -0.2) is 0 Å². The van der Waals surface area contributed by atoms with Crippen LogP contribution >= 0.6 is 0 Å². The number of hydrogen-bond donors (Lipinski definition) is 3. The molecule has 0 amide bonds. The van der Waals surface area contributed by atoms with E-state index in [-0.39, 0.29) is 40.7 Å². The molecule has 5 rings (SSSR count). The number of carbonyl (C=O) groups excluding carboxylic acids is 1. The summed E-state index contributed by atoms with van der Waals surface area (Å²) in [5, 5.41) is 32.4. The number of methoxy groups -OCH3 is 1. The SMILES string of the molecule is COC(=O)[C@]12CCC(C)=C(C)[C@H]1C1=CC[C@@H]3[C@@]4(C)C[C@@H](O)[C@H](O)[C@@](C)(CO)[C@@H]4CC[C@@]3(C)[C@]1(C)CC2. The number of rotatable bonds is 2. The Morgan fingerprint density at radius 2 is 1.75 bits per heavy atom. The van der Waals surface area contributed by atoms with Gasteiger partial charge in [0.25, 0.3) is 0 Å². The van der Waals surface area contributed by atoms with Gasteiger partial charge in [0.2, 0.25) is 0 Å². The van der Waals surface area contributed by atoms with E-state index >= 15 is 0 Å². The van der Waals surface area contributed by atoms with Gasteiger partial charge in [0.15, 0.2) is 0 Å². The first-order valence-corrected chi connectivity index (χ1v) is 14.2. The third kappa shape index (κ3) is 2.97. The van der Waals surface area contributed by atoms with Crippen molar-refractivity contribution in [1.82, 2.24) is 0 Å². The minimum absolute atomic E-state index is 0.00855. The standard InChI is InChI=1S/C31H48O5/c1-18-10-13-31(26(35)36-7)15-14-29(5)20(24(31)19(18)2)8-9-23-27(3)16-21(33)25(34)28(4,17-32)22(27)11-12-30(23,29)6/h8,21-25,32-34H,9-17H2,1-7H3/t21-,22-,23-,24+,25+,27+,28+,29-,30-,31+/m1/s1. The highest BCUT2D eigenvalue weighted by Crippen LogP contribution is 2.75. The summed E-state index contributed by atoms with van der Waals surface area (Å²) >= 11 is 0. The van der Waals surface area contributed by atoms with Crippen LogP contribution in [0, 0.1) is 44.8 Å². The number of aliphatic hydroxyl groups is 3. The van der Waals surface area contributed by atoms with Gasteiger partial charge in [0.1, 0.15) is 0 Å². The Bertz CT molecular complexity index is 1010. The molecule has 202 valence electrons. The summed E-state index contributed by atoms with van der Waals surface area (Å²) in [5.41, 5.74) is 2.82. The molecule has 5 aliphatic carbocycles. The van der Waals surface area contributed by atoms with Crippen molar-refractivity contribution in [3.8, 4) is 0 Å². The van der Waals surface area contributed by atoms with Crippen LogP contribution in [0.4, 0.5) is 0 Å². The summed E-state index contributed by atoms with van der Waals surface area (Å²) in [7, 11) is 1.54. The second-order valence-corrected chi connectivity index (χ2v) is 14.2. The van der Waals surface area contributed by atoms with Crippen LogP contribution in [0.5, 0.6) is 0 Å². The predicted molar refractivity (Wildman–Crippen MR) is 140 cm³/mol. The second kappa shape index (κ2) is 8.16.